The van der Waals surface area contributed by atoms with Crippen LogP contribution in [0.5, 0.6) is 0 Å². The van der Waals surface area contributed by atoms with Crippen LogP contribution in [0, 0.1) is 0 Å². The molecule has 0 aliphatic heterocycles. The van der Waals surface area contributed by atoms with Crippen LogP contribution in [0.3, 0.4) is 0 Å². The van der Waals surface area contributed by atoms with E-state index in [1.807, 2.05) is 13.8 Å². The van der Waals surface area contributed by atoms with Crippen molar-refractivity contribution in [2.45, 2.75) is 32.2 Å². The van der Waals surface area contributed by atoms with Crippen molar-refractivity contribution < 1.29 is 19.8 Å². The van der Waals surface area contributed by atoms with Gasteiger partial charge in [0.1, 0.15) is 17.7 Å². The fraction of sp³-hybridized carbons (Fsp3) is 0.455. The Morgan fingerprint density at radius 3 is 2.53 bits per heavy atom. The van der Waals surface area contributed by atoms with E-state index in [0.29, 0.717) is 5.82 Å². The van der Waals surface area contributed by atoms with Crippen molar-refractivity contribution in [3.8, 4) is 0 Å². The molecule has 19 heavy (non-hydrogen) atoms. The van der Waals surface area contributed by atoms with Crippen molar-refractivity contribution in [2.75, 3.05) is 5.32 Å². The van der Waals surface area contributed by atoms with Crippen LogP contribution in [0.1, 0.15) is 32.0 Å². The molecular formula is C11H15N3O5. The van der Waals surface area contributed by atoms with E-state index in [2.05, 4.69) is 15.3 Å². The number of H-pyrrole nitrogens is 1. The van der Waals surface area contributed by atoms with E-state index in [-0.39, 0.29) is 11.7 Å². The summed E-state index contributed by atoms with van der Waals surface area (Å²) in [4.78, 5) is 39.4. The first-order valence-corrected chi connectivity index (χ1v) is 5.62. The molecule has 104 valence electrons. The summed E-state index contributed by atoms with van der Waals surface area (Å²) in [6, 6.07) is -0.254. The Bertz CT molecular complexity index is 537. The quantitative estimate of drug-likeness (QED) is 0.581. The first-order chi connectivity index (χ1) is 8.79. The predicted molar refractivity (Wildman–Crippen MR) is 66.2 cm³/mol. The summed E-state index contributed by atoms with van der Waals surface area (Å²) in [7, 11) is 0. The van der Waals surface area contributed by atoms with E-state index in [1.54, 1.807) is 0 Å². The molecule has 0 saturated heterocycles. The molecule has 1 atom stereocenters. The molecule has 1 aromatic rings. The number of hydrogen-bond acceptors (Lipinski definition) is 5. The number of nitrogens with zero attached hydrogens (tertiary/aromatic N) is 1. The molecule has 0 amide bonds. The number of aliphatic carboxylic acids is 2. The lowest BCUT2D eigenvalue weighted by atomic mass is 10.2. The molecule has 4 N–H and O–H groups in total. The summed E-state index contributed by atoms with van der Waals surface area (Å²) in [5.74, 6) is -2.18. The van der Waals surface area contributed by atoms with Crippen molar-refractivity contribution in [3.05, 3.63) is 22.2 Å². The molecule has 0 spiro atoms. The molecule has 0 saturated carbocycles. The molecule has 0 fully saturated rings. The van der Waals surface area contributed by atoms with Crippen molar-refractivity contribution >= 4 is 17.8 Å². The van der Waals surface area contributed by atoms with Crippen molar-refractivity contribution in [3.63, 3.8) is 0 Å². The average Bonchev–Trinajstić information content (AvgIpc) is 2.26. The van der Waals surface area contributed by atoms with E-state index in [0.717, 1.165) is 6.07 Å². The van der Waals surface area contributed by atoms with Gasteiger partial charge in [0.25, 0.3) is 5.56 Å². The minimum atomic E-state index is -1.34. The number of nitrogens with one attached hydrogen (secondary N) is 2. The molecule has 8 heteroatoms. The molecule has 1 aromatic heterocycles. The number of carboxylic acids is 2. The monoisotopic (exact) mass is 269 g/mol. The second-order valence-corrected chi connectivity index (χ2v) is 4.30. The number of aromatic amines is 1. The van der Waals surface area contributed by atoms with Gasteiger partial charge in [-0.15, -0.1) is 0 Å². The number of carbonyl (C=O) groups is 2. The summed E-state index contributed by atoms with van der Waals surface area (Å²) in [5.41, 5.74) is -0.430. The highest BCUT2D eigenvalue weighted by Gasteiger charge is 2.21. The Balaban J connectivity index is 2.99. The van der Waals surface area contributed by atoms with Gasteiger partial charge in [-0.1, -0.05) is 13.8 Å². The van der Waals surface area contributed by atoms with Crippen LogP contribution in [-0.4, -0.2) is 38.2 Å². The molecule has 0 bridgehead atoms. The molecule has 1 unspecified atom stereocenters. The van der Waals surface area contributed by atoms with Crippen molar-refractivity contribution in [1.82, 2.24) is 9.97 Å². The topological polar surface area (TPSA) is 132 Å². The summed E-state index contributed by atoms with van der Waals surface area (Å²) < 4.78 is 0. The van der Waals surface area contributed by atoms with Gasteiger partial charge in [-0.05, 0) is 0 Å². The minimum absolute atomic E-state index is 0.0427. The van der Waals surface area contributed by atoms with Crippen LogP contribution in [-0.2, 0) is 9.59 Å². The normalized spacial score (nSPS) is 12.2. The summed E-state index contributed by atoms with van der Waals surface area (Å²) in [6.07, 6.45) is -0.610. The number of rotatable bonds is 6. The summed E-state index contributed by atoms with van der Waals surface area (Å²) in [5, 5.41) is 19.9. The molecule has 0 radical (unpaired) electrons. The van der Waals surface area contributed by atoms with Gasteiger partial charge >= 0.3 is 11.9 Å². The number of aromatic nitrogens is 2. The van der Waals surface area contributed by atoms with E-state index in [1.165, 1.54) is 0 Å². The van der Waals surface area contributed by atoms with Gasteiger partial charge in [0.15, 0.2) is 0 Å². The SMILES string of the molecule is CC(C)c1nc(NC(CC(=O)O)C(=O)O)cc(=O)[nH]1. The van der Waals surface area contributed by atoms with E-state index in [4.69, 9.17) is 10.2 Å². The maximum absolute atomic E-state index is 11.4. The Morgan fingerprint density at radius 1 is 1.42 bits per heavy atom. The molecular weight excluding hydrogens is 254 g/mol. The Hall–Kier alpha value is -2.38. The fourth-order valence-electron chi connectivity index (χ4n) is 1.38. The Morgan fingerprint density at radius 2 is 2.05 bits per heavy atom. The standard InChI is InChI=1S/C11H15N3O5/c1-5(2)10-13-7(4-8(15)14-10)12-6(11(18)19)3-9(16)17/h4-6H,3H2,1-2H3,(H,16,17)(H,18,19)(H2,12,13,14,15). The maximum Gasteiger partial charge on any atom is 0.326 e. The largest absolute Gasteiger partial charge is 0.481 e. The van der Waals surface area contributed by atoms with Crippen LogP contribution < -0.4 is 10.9 Å². The molecule has 8 nitrogen and oxygen atoms in total. The third-order valence-electron chi connectivity index (χ3n) is 2.31. The zero-order valence-electron chi connectivity index (χ0n) is 10.5. The van der Waals surface area contributed by atoms with Crippen LogP contribution in [0.15, 0.2) is 10.9 Å². The first kappa shape index (κ1) is 14.7. The Kier molecular flexibility index (Phi) is 4.62. The minimum Gasteiger partial charge on any atom is -0.481 e. The van der Waals surface area contributed by atoms with Gasteiger partial charge in [-0.3, -0.25) is 9.59 Å². The second kappa shape index (κ2) is 5.98. The van der Waals surface area contributed by atoms with E-state index < -0.39 is 30.0 Å². The van der Waals surface area contributed by atoms with Gasteiger partial charge < -0.3 is 20.5 Å². The van der Waals surface area contributed by atoms with Crippen LogP contribution in [0.2, 0.25) is 0 Å². The van der Waals surface area contributed by atoms with E-state index >= 15 is 0 Å². The molecule has 0 aliphatic rings. The van der Waals surface area contributed by atoms with Crippen LogP contribution >= 0.6 is 0 Å². The highest BCUT2D eigenvalue weighted by Crippen LogP contribution is 2.10. The Labute approximate surface area is 108 Å². The maximum atomic E-state index is 11.4. The van der Waals surface area contributed by atoms with Gasteiger partial charge in [0.05, 0.1) is 6.42 Å². The van der Waals surface area contributed by atoms with Crippen molar-refractivity contribution in [1.29, 1.82) is 0 Å². The fourth-order valence-corrected chi connectivity index (χ4v) is 1.38. The molecule has 1 heterocycles. The number of anilines is 1. The van der Waals surface area contributed by atoms with E-state index in [9.17, 15) is 14.4 Å². The van der Waals surface area contributed by atoms with Crippen LogP contribution in [0.4, 0.5) is 5.82 Å². The number of hydrogen-bond donors (Lipinski definition) is 4. The molecule has 1 rings (SSSR count). The third kappa shape index (κ3) is 4.41. The number of carboxylic acid groups (broad SMARTS) is 2. The lowest BCUT2D eigenvalue weighted by molar-refractivity contribution is -0.144. The lowest BCUT2D eigenvalue weighted by Gasteiger charge is -2.14. The average molecular weight is 269 g/mol. The highest BCUT2D eigenvalue weighted by molar-refractivity contribution is 5.83. The highest BCUT2D eigenvalue weighted by atomic mass is 16.4. The third-order valence-corrected chi connectivity index (χ3v) is 2.31. The molecule has 0 aromatic carbocycles. The van der Waals surface area contributed by atoms with Crippen molar-refractivity contribution in [2.24, 2.45) is 0 Å². The second-order valence-electron chi connectivity index (χ2n) is 4.30. The lowest BCUT2D eigenvalue weighted by Crippen LogP contribution is -2.32. The zero-order chi connectivity index (χ0) is 14.6. The van der Waals surface area contributed by atoms with Gasteiger partial charge in [-0.25, -0.2) is 9.78 Å². The van der Waals surface area contributed by atoms with Gasteiger partial charge in [-0.2, -0.15) is 0 Å². The van der Waals surface area contributed by atoms with Crippen LogP contribution in [0.25, 0.3) is 0 Å². The smallest absolute Gasteiger partial charge is 0.326 e. The summed E-state index contributed by atoms with van der Waals surface area (Å²) >= 11 is 0. The predicted octanol–water partition coefficient (Wildman–Crippen LogP) is 0.233. The zero-order valence-corrected chi connectivity index (χ0v) is 10.5. The first-order valence-electron chi connectivity index (χ1n) is 5.62. The summed E-state index contributed by atoms with van der Waals surface area (Å²) in [6.45, 7) is 3.63. The van der Waals surface area contributed by atoms with Gasteiger partial charge in [0.2, 0.25) is 0 Å². The molecule has 0 aliphatic carbocycles. The van der Waals surface area contributed by atoms with Gasteiger partial charge in [0, 0.05) is 12.0 Å².